The fraction of sp³-hybridized carbons (Fsp3) is 0.125. The number of rotatable bonds is 2. The molecule has 2 heterocycles. The maximum atomic E-state index is 11.8. The number of nitrogens with zero attached hydrogens (tertiary/aromatic N) is 2. The van der Waals surface area contributed by atoms with Gasteiger partial charge in [-0.05, 0) is 18.2 Å². The Hall–Kier alpha value is -2.42. The fourth-order valence-electron chi connectivity index (χ4n) is 2.12. The minimum Gasteiger partial charge on any atom is -0.320 e. The highest BCUT2D eigenvalue weighted by molar-refractivity contribution is 7.10. The van der Waals surface area contributed by atoms with Crippen LogP contribution in [0.4, 0.5) is 0 Å². The first-order chi connectivity index (χ1) is 10.3. The predicted molar refractivity (Wildman–Crippen MR) is 85.4 cm³/mol. The van der Waals surface area contributed by atoms with Gasteiger partial charge in [-0.1, -0.05) is 24.0 Å². The molecule has 1 aromatic carbocycles. The molecule has 0 aliphatic carbocycles. The highest BCUT2D eigenvalue weighted by atomic mass is 32.1. The molecular weight excluding hydrogens is 282 g/mol. The number of benzene rings is 1. The van der Waals surface area contributed by atoms with Gasteiger partial charge in [0.15, 0.2) is 0 Å². The first-order valence-corrected chi connectivity index (χ1v) is 7.37. The number of nitrogens with two attached hydrogens (primary N) is 1. The van der Waals surface area contributed by atoms with Gasteiger partial charge in [0, 0.05) is 21.2 Å². The molecule has 0 amide bonds. The van der Waals surface area contributed by atoms with E-state index >= 15 is 0 Å². The van der Waals surface area contributed by atoms with Gasteiger partial charge >= 0.3 is 0 Å². The summed E-state index contributed by atoms with van der Waals surface area (Å²) in [6, 6.07) is 9.53. The van der Waals surface area contributed by atoms with E-state index in [9.17, 15) is 4.79 Å². The minimum absolute atomic E-state index is 0.0532. The number of thiophene rings is 1. The first-order valence-electron chi connectivity index (χ1n) is 6.49. The van der Waals surface area contributed by atoms with Crippen LogP contribution < -0.4 is 11.2 Å². The predicted octanol–water partition coefficient (Wildman–Crippen LogP) is 1.82. The molecule has 0 atom stereocenters. The van der Waals surface area contributed by atoms with Crippen LogP contribution in [0.3, 0.4) is 0 Å². The lowest BCUT2D eigenvalue weighted by molar-refractivity contribution is 0.702. The summed E-state index contributed by atoms with van der Waals surface area (Å²) < 4.78 is 1.84. The zero-order valence-corrected chi connectivity index (χ0v) is 12.1. The second kappa shape index (κ2) is 5.92. The Balaban J connectivity index is 1.97. The highest BCUT2D eigenvalue weighted by Gasteiger charge is 2.05. The molecule has 104 valence electrons. The maximum absolute atomic E-state index is 11.8. The van der Waals surface area contributed by atoms with E-state index in [-0.39, 0.29) is 5.43 Å². The second-order valence-electron chi connectivity index (χ2n) is 4.49. The van der Waals surface area contributed by atoms with Gasteiger partial charge in [0.2, 0.25) is 5.43 Å². The lowest BCUT2D eigenvalue weighted by Gasteiger charge is -2.07. The number of aromatic nitrogens is 2. The molecule has 3 aromatic rings. The van der Waals surface area contributed by atoms with Crippen molar-refractivity contribution in [2.24, 2.45) is 5.73 Å². The van der Waals surface area contributed by atoms with E-state index in [1.165, 1.54) is 6.20 Å². The molecule has 0 fully saturated rings. The lowest BCUT2D eigenvalue weighted by Crippen LogP contribution is -2.12. The van der Waals surface area contributed by atoms with Crippen molar-refractivity contribution in [2.75, 3.05) is 6.54 Å². The smallest absolute Gasteiger partial charge is 0.207 e. The van der Waals surface area contributed by atoms with Crippen molar-refractivity contribution >= 4 is 22.2 Å². The van der Waals surface area contributed by atoms with Crippen LogP contribution >= 0.6 is 11.3 Å². The Morgan fingerprint density at radius 3 is 3.05 bits per heavy atom. The van der Waals surface area contributed by atoms with Crippen LogP contribution in [0.1, 0.15) is 10.4 Å². The third kappa shape index (κ3) is 2.87. The molecule has 4 nitrogen and oxygen atoms in total. The van der Waals surface area contributed by atoms with Crippen molar-refractivity contribution in [1.29, 1.82) is 0 Å². The van der Waals surface area contributed by atoms with Crippen molar-refractivity contribution in [3.8, 4) is 11.8 Å². The third-order valence-electron chi connectivity index (χ3n) is 3.06. The molecule has 0 bridgehead atoms. The molecule has 5 heteroatoms. The Kier molecular flexibility index (Phi) is 3.82. The van der Waals surface area contributed by atoms with Crippen molar-refractivity contribution in [3.63, 3.8) is 0 Å². The van der Waals surface area contributed by atoms with Crippen molar-refractivity contribution in [3.05, 3.63) is 62.6 Å². The fourth-order valence-corrected chi connectivity index (χ4v) is 2.91. The van der Waals surface area contributed by atoms with Crippen LogP contribution in [0.5, 0.6) is 0 Å². The van der Waals surface area contributed by atoms with Gasteiger partial charge in [0.1, 0.15) is 0 Å². The van der Waals surface area contributed by atoms with Crippen molar-refractivity contribution < 1.29 is 0 Å². The van der Waals surface area contributed by atoms with E-state index in [4.69, 9.17) is 5.73 Å². The summed E-state index contributed by atoms with van der Waals surface area (Å²) in [4.78, 5) is 12.9. The summed E-state index contributed by atoms with van der Waals surface area (Å²) in [5.74, 6) is 5.85. The third-order valence-corrected chi connectivity index (χ3v) is 3.98. The largest absolute Gasteiger partial charge is 0.320 e. The van der Waals surface area contributed by atoms with Gasteiger partial charge in [0.05, 0.1) is 24.8 Å². The standard InChI is InChI=1S/C16H13N3OS/c17-7-3-4-12-8-13(21-11-12)10-19-15-6-2-1-5-14(15)16(20)9-18-19/h1-2,5-6,8-9,11H,7,10,17H2. The summed E-state index contributed by atoms with van der Waals surface area (Å²) in [6.45, 7) is 0.979. The summed E-state index contributed by atoms with van der Waals surface area (Å²) in [6.07, 6.45) is 1.37. The van der Waals surface area contributed by atoms with Gasteiger partial charge in [0.25, 0.3) is 0 Å². The molecule has 0 saturated heterocycles. The normalized spacial score (nSPS) is 10.3. The molecule has 2 N–H and O–H groups in total. The van der Waals surface area contributed by atoms with Gasteiger partial charge in [-0.3, -0.25) is 9.48 Å². The SMILES string of the molecule is NCC#Cc1csc(Cn2ncc(=O)c3ccccc32)c1. The van der Waals surface area contributed by atoms with Crippen molar-refractivity contribution in [2.45, 2.75) is 6.54 Å². The molecule has 2 aromatic heterocycles. The van der Waals surface area contributed by atoms with Crippen LogP contribution in [0.25, 0.3) is 10.9 Å². The van der Waals surface area contributed by atoms with Gasteiger partial charge < -0.3 is 5.73 Å². The zero-order chi connectivity index (χ0) is 14.7. The number of fused-ring (bicyclic) bond motifs is 1. The molecule has 0 aliphatic rings. The van der Waals surface area contributed by atoms with Crippen LogP contribution in [-0.4, -0.2) is 16.3 Å². The Labute approximate surface area is 125 Å². The van der Waals surface area contributed by atoms with E-state index in [1.807, 2.05) is 40.4 Å². The molecule has 0 spiro atoms. The van der Waals surface area contributed by atoms with Gasteiger partial charge in [-0.25, -0.2) is 0 Å². The van der Waals surface area contributed by atoms with E-state index in [0.717, 1.165) is 16.0 Å². The molecule has 0 radical (unpaired) electrons. The molecule has 3 rings (SSSR count). The number of para-hydroxylation sites is 1. The first kappa shape index (κ1) is 13.6. The van der Waals surface area contributed by atoms with E-state index < -0.39 is 0 Å². The molecule has 21 heavy (non-hydrogen) atoms. The van der Waals surface area contributed by atoms with Crippen LogP contribution in [0.15, 0.2) is 46.7 Å². The van der Waals surface area contributed by atoms with E-state index in [1.54, 1.807) is 11.3 Å². The quantitative estimate of drug-likeness (QED) is 0.734. The van der Waals surface area contributed by atoms with Crippen LogP contribution in [0, 0.1) is 11.8 Å². The minimum atomic E-state index is -0.0532. The highest BCUT2D eigenvalue weighted by Crippen LogP contribution is 2.17. The monoisotopic (exact) mass is 295 g/mol. The van der Waals surface area contributed by atoms with Crippen molar-refractivity contribution in [1.82, 2.24) is 9.78 Å². The zero-order valence-electron chi connectivity index (χ0n) is 11.2. The van der Waals surface area contributed by atoms with Crippen LogP contribution in [-0.2, 0) is 6.54 Å². The number of hydrogen-bond acceptors (Lipinski definition) is 4. The Morgan fingerprint density at radius 1 is 1.33 bits per heavy atom. The summed E-state index contributed by atoms with van der Waals surface area (Å²) in [5.41, 5.74) is 7.12. The van der Waals surface area contributed by atoms with Crippen LogP contribution in [0.2, 0.25) is 0 Å². The average Bonchev–Trinajstić information content (AvgIpc) is 2.96. The summed E-state index contributed by atoms with van der Waals surface area (Å²) in [5, 5.41) is 6.92. The summed E-state index contributed by atoms with van der Waals surface area (Å²) >= 11 is 1.63. The summed E-state index contributed by atoms with van der Waals surface area (Å²) in [7, 11) is 0. The Bertz CT molecular complexity index is 899. The second-order valence-corrected chi connectivity index (χ2v) is 5.49. The van der Waals surface area contributed by atoms with Gasteiger partial charge in [-0.15, -0.1) is 11.3 Å². The molecular formula is C16H13N3OS. The maximum Gasteiger partial charge on any atom is 0.207 e. The Morgan fingerprint density at radius 2 is 2.19 bits per heavy atom. The topological polar surface area (TPSA) is 60.9 Å². The average molecular weight is 295 g/mol. The lowest BCUT2D eigenvalue weighted by atomic mass is 10.2. The van der Waals surface area contributed by atoms with E-state index in [2.05, 4.69) is 16.9 Å². The number of hydrogen-bond donors (Lipinski definition) is 1. The molecule has 0 unspecified atom stereocenters. The van der Waals surface area contributed by atoms with Gasteiger partial charge in [-0.2, -0.15) is 5.10 Å². The molecule has 0 aliphatic heterocycles. The molecule has 0 saturated carbocycles. The van der Waals surface area contributed by atoms with E-state index in [0.29, 0.717) is 18.5 Å².